The smallest absolute Gasteiger partial charge is 0.115 e. The predicted molar refractivity (Wildman–Crippen MR) is 102 cm³/mol. The summed E-state index contributed by atoms with van der Waals surface area (Å²) in [7, 11) is 0. The lowest BCUT2D eigenvalue weighted by molar-refractivity contribution is -0.952. The number of benzene rings is 3. The molecule has 2 nitrogen and oxygen atoms in total. The second-order valence-electron chi connectivity index (χ2n) is 6.55. The Labute approximate surface area is 150 Å². The summed E-state index contributed by atoms with van der Waals surface area (Å²) in [5.74, 6) is 0. The molecule has 2 N–H and O–H groups in total. The molecule has 0 heterocycles. The molecule has 2 heteroatoms. The first-order valence-corrected chi connectivity index (χ1v) is 8.92. The van der Waals surface area contributed by atoms with Crippen molar-refractivity contribution in [2.75, 3.05) is 6.61 Å². The van der Waals surface area contributed by atoms with E-state index in [0.717, 1.165) is 19.5 Å². The van der Waals surface area contributed by atoms with E-state index >= 15 is 0 Å². The van der Waals surface area contributed by atoms with Gasteiger partial charge in [-0.05, 0) is 5.56 Å². The number of quaternary nitrogens is 1. The van der Waals surface area contributed by atoms with Gasteiger partial charge in [-0.1, -0.05) is 91.0 Å². The van der Waals surface area contributed by atoms with Gasteiger partial charge in [0.05, 0.1) is 6.61 Å². The fraction of sp³-hybridized carbons (Fsp3) is 0.217. The van der Waals surface area contributed by atoms with E-state index in [2.05, 4.69) is 72.8 Å². The van der Waals surface area contributed by atoms with Gasteiger partial charge < -0.3 is 10.0 Å². The second-order valence-corrected chi connectivity index (χ2v) is 6.55. The summed E-state index contributed by atoms with van der Waals surface area (Å²) < 4.78 is 0. The Morgan fingerprint density at radius 3 is 1.40 bits per heavy atom. The number of aliphatic hydroxyl groups excluding tert-OH is 1. The molecule has 128 valence electrons. The van der Waals surface area contributed by atoms with Gasteiger partial charge in [-0.2, -0.15) is 0 Å². The van der Waals surface area contributed by atoms with Gasteiger partial charge in [0.15, 0.2) is 0 Å². The summed E-state index contributed by atoms with van der Waals surface area (Å²) in [4.78, 5) is 1.39. The van der Waals surface area contributed by atoms with E-state index in [1.165, 1.54) is 21.6 Å². The molecule has 0 aliphatic carbocycles. The van der Waals surface area contributed by atoms with Crippen LogP contribution in [-0.4, -0.2) is 17.8 Å². The number of aliphatic hydroxyl groups is 1. The average Bonchev–Trinajstić information content (AvgIpc) is 2.68. The number of hydrogen-bond acceptors (Lipinski definition) is 1. The first kappa shape index (κ1) is 17.4. The zero-order chi connectivity index (χ0) is 17.3. The summed E-state index contributed by atoms with van der Waals surface area (Å²) >= 11 is 0. The zero-order valence-electron chi connectivity index (χ0n) is 14.5. The highest BCUT2D eigenvalue weighted by atomic mass is 16.3. The maximum Gasteiger partial charge on any atom is 0.115 e. The van der Waals surface area contributed by atoms with Gasteiger partial charge in [0.1, 0.15) is 19.1 Å². The van der Waals surface area contributed by atoms with Crippen LogP contribution in [0.5, 0.6) is 0 Å². The van der Waals surface area contributed by atoms with Crippen LogP contribution >= 0.6 is 0 Å². The van der Waals surface area contributed by atoms with Gasteiger partial charge >= 0.3 is 0 Å². The summed E-state index contributed by atoms with van der Waals surface area (Å²) in [5.41, 5.74) is 3.89. The monoisotopic (exact) mass is 332 g/mol. The Kier molecular flexibility index (Phi) is 6.38. The van der Waals surface area contributed by atoms with Crippen LogP contribution in [0, 0.1) is 0 Å². The van der Waals surface area contributed by atoms with Gasteiger partial charge in [0, 0.05) is 17.5 Å². The Balaban J connectivity index is 1.80. The summed E-state index contributed by atoms with van der Waals surface area (Å²) in [6, 6.07) is 31.7. The number of nitrogens with one attached hydrogen (secondary N) is 1. The molecule has 0 unspecified atom stereocenters. The van der Waals surface area contributed by atoms with Gasteiger partial charge in [0.2, 0.25) is 0 Å². The van der Waals surface area contributed by atoms with Crippen LogP contribution in [0.4, 0.5) is 0 Å². The summed E-state index contributed by atoms with van der Waals surface area (Å²) in [5, 5.41) is 10.1. The van der Waals surface area contributed by atoms with Crippen molar-refractivity contribution in [1.29, 1.82) is 0 Å². The van der Waals surface area contributed by atoms with E-state index in [-0.39, 0.29) is 12.6 Å². The Morgan fingerprint density at radius 1 is 0.600 bits per heavy atom. The molecule has 0 aromatic heterocycles. The fourth-order valence-corrected chi connectivity index (χ4v) is 3.30. The van der Waals surface area contributed by atoms with Crippen LogP contribution in [0.15, 0.2) is 91.0 Å². The number of rotatable bonds is 8. The number of hydrogen-bond donors (Lipinski definition) is 2. The highest BCUT2D eigenvalue weighted by Crippen LogP contribution is 2.04. The molecular weight excluding hydrogens is 306 g/mol. The van der Waals surface area contributed by atoms with E-state index in [0.29, 0.717) is 0 Å². The summed E-state index contributed by atoms with van der Waals surface area (Å²) in [6.45, 7) is 2.01. The van der Waals surface area contributed by atoms with Crippen LogP contribution in [0.1, 0.15) is 16.7 Å². The molecule has 25 heavy (non-hydrogen) atoms. The molecular formula is C23H26NO+. The van der Waals surface area contributed by atoms with Gasteiger partial charge in [-0.25, -0.2) is 0 Å². The van der Waals surface area contributed by atoms with Crippen LogP contribution in [-0.2, 0) is 19.5 Å². The Bertz CT molecular complexity index is 686. The third-order valence-electron chi connectivity index (χ3n) is 4.67. The molecule has 3 aromatic carbocycles. The maximum absolute atomic E-state index is 10.1. The van der Waals surface area contributed by atoms with E-state index in [1.807, 2.05) is 18.2 Å². The van der Waals surface area contributed by atoms with E-state index < -0.39 is 0 Å². The standard InChI is InChI=1S/C23H25NO/c25-19-23(16-20-10-4-1-5-11-20)24(17-21-12-6-2-7-13-21)18-22-14-8-3-9-15-22/h1-15,23,25H,16-19H2/p+1/t23-/m0/s1. The third-order valence-corrected chi connectivity index (χ3v) is 4.67. The normalized spacial score (nSPS) is 12.2. The molecule has 0 bridgehead atoms. The molecule has 1 atom stereocenters. The van der Waals surface area contributed by atoms with Gasteiger partial charge in [-0.15, -0.1) is 0 Å². The Hall–Kier alpha value is -2.42. The predicted octanol–water partition coefficient (Wildman–Crippen LogP) is 2.88. The van der Waals surface area contributed by atoms with Gasteiger partial charge in [-0.3, -0.25) is 0 Å². The van der Waals surface area contributed by atoms with Crippen LogP contribution in [0.3, 0.4) is 0 Å². The van der Waals surface area contributed by atoms with Crippen molar-refractivity contribution in [3.63, 3.8) is 0 Å². The Morgan fingerprint density at radius 2 is 1.00 bits per heavy atom. The molecule has 0 fully saturated rings. The first-order valence-electron chi connectivity index (χ1n) is 8.92. The average molecular weight is 332 g/mol. The van der Waals surface area contributed by atoms with Crippen molar-refractivity contribution in [2.24, 2.45) is 0 Å². The van der Waals surface area contributed by atoms with Crippen molar-refractivity contribution >= 4 is 0 Å². The summed E-state index contributed by atoms with van der Waals surface area (Å²) in [6.07, 6.45) is 0.881. The fourth-order valence-electron chi connectivity index (χ4n) is 3.30. The van der Waals surface area contributed by atoms with Crippen molar-refractivity contribution in [3.05, 3.63) is 108 Å². The van der Waals surface area contributed by atoms with Crippen molar-refractivity contribution < 1.29 is 10.0 Å². The van der Waals surface area contributed by atoms with Crippen molar-refractivity contribution in [1.82, 2.24) is 0 Å². The van der Waals surface area contributed by atoms with Crippen LogP contribution in [0.2, 0.25) is 0 Å². The third kappa shape index (κ3) is 5.28. The SMILES string of the molecule is OC[C@H](Cc1ccccc1)[NH+](Cc1ccccc1)Cc1ccccc1. The van der Waals surface area contributed by atoms with Crippen LogP contribution < -0.4 is 4.90 Å². The zero-order valence-corrected chi connectivity index (χ0v) is 14.5. The molecule has 0 aliphatic rings. The minimum absolute atomic E-state index is 0.169. The highest BCUT2D eigenvalue weighted by molar-refractivity contribution is 5.17. The van der Waals surface area contributed by atoms with E-state index in [4.69, 9.17) is 0 Å². The highest BCUT2D eigenvalue weighted by Gasteiger charge is 2.22. The molecule has 0 spiro atoms. The topological polar surface area (TPSA) is 24.7 Å². The maximum atomic E-state index is 10.1. The molecule has 3 aromatic rings. The molecule has 3 rings (SSSR count). The van der Waals surface area contributed by atoms with Crippen LogP contribution in [0.25, 0.3) is 0 Å². The molecule has 0 saturated heterocycles. The lowest BCUT2D eigenvalue weighted by Gasteiger charge is -2.28. The quantitative estimate of drug-likeness (QED) is 0.651. The largest absolute Gasteiger partial charge is 0.390 e. The lowest BCUT2D eigenvalue weighted by atomic mass is 10.0. The second kappa shape index (κ2) is 9.16. The minimum Gasteiger partial charge on any atom is -0.390 e. The lowest BCUT2D eigenvalue weighted by Crippen LogP contribution is -3.14. The molecule has 0 amide bonds. The first-order chi connectivity index (χ1) is 12.3. The van der Waals surface area contributed by atoms with Crippen molar-refractivity contribution in [3.8, 4) is 0 Å². The van der Waals surface area contributed by atoms with E-state index in [9.17, 15) is 5.11 Å². The van der Waals surface area contributed by atoms with E-state index in [1.54, 1.807) is 0 Å². The van der Waals surface area contributed by atoms with Gasteiger partial charge in [0.25, 0.3) is 0 Å². The minimum atomic E-state index is 0.169. The molecule has 0 radical (unpaired) electrons. The molecule has 0 aliphatic heterocycles. The van der Waals surface area contributed by atoms with Crippen molar-refractivity contribution in [2.45, 2.75) is 25.6 Å². The molecule has 0 saturated carbocycles.